The van der Waals surface area contributed by atoms with Gasteiger partial charge in [-0.25, -0.2) is 13.6 Å². The number of nitrogens with zero attached hydrogens (tertiary/aromatic N) is 1. The van der Waals surface area contributed by atoms with Crippen LogP contribution < -0.4 is 10.6 Å². The van der Waals surface area contributed by atoms with Gasteiger partial charge in [0, 0.05) is 23.4 Å². The van der Waals surface area contributed by atoms with Crippen molar-refractivity contribution in [1.29, 1.82) is 0 Å². The molecule has 150 valence electrons. The number of anilines is 1. The topological polar surface area (TPSA) is 44.4 Å². The van der Waals surface area contributed by atoms with Crippen molar-refractivity contribution < 1.29 is 13.6 Å². The predicted molar refractivity (Wildman–Crippen MR) is 108 cm³/mol. The molecule has 6 heteroatoms. The SMILES string of the molecule is O=C(NCCCCN1CCCCC1)Nc1ccc(-c2ccccc2F)c(F)c1. The summed E-state index contributed by atoms with van der Waals surface area (Å²) in [6, 6.07) is 9.92. The smallest absolute Gasteiger partial charge is 0.319 e. The minimum Gasteiger partial charge on any atom is -0.338 e. The normalized spacial score (nSPS) is 14.6. The molecule has 0 bridgehead atoms. The van der Waals surface area contributed by atoms with Crippen LogP contribution in [0.4, 0.5) is 19.3 Å². The Morgan fingerprint density at radius 1 is 0.929 bits per heavy atom. The minimum absolute atomic E-state index is 0.168. The zero-order valence-electron chi connectivity index (χ0n) is 16.0. The maximum absolute atomic E-state index is 14.4. The van der Waals surface area contributed by atoms with Crippen LogP contribution in [0.1, 0.15) is 32.1 Å². The monoisotopic (exact) mass is 387 g/mol. The van der Waals surface area contributed by atoms with Gasteiger partial charge in [-0.15, -0.1) is 0 Å². The van der Waals surface area contributed by atoms with E-state index in [0.29, 0.717) is 12.2 Å². The van der Waals surface area contributed by atoms with Gasteiger partial charge in [-0.2, -0.15) is 0 Å². The van der Waals surface area contributed by atoms with Crippen molar-refractivity contribution in [3.05, 3.63) is 54.1 Å². The molecule has 1 heterocycles. The number of amides is 2. The second kappa shape index (κ2) is 10.2. The number of hydrogen-bond donors (Lipinski definition) is 2. The number of unbranched alkanes of at least 4 members (excludes halogenated alkanes) is 1. The van der Waals surface area contributed by atoms with Gasteiger partial charge in [0.05, 0.1) is 0 Å². The molecule has 2 amide bonds. The number of likely N-dealkylation sites (tertiary alicyclic amines) is 1. The van der Waals surface area contributed by atoms with E-state index < -0.39 is 11.6 Å². The van der Waals surface area contributed by atoms with Gasteiger partial charge >= 0.3 is 6.03 Å². The van der Waals surface area contributed by atoms with Crippen molar-refractivity contribution in [2.75, 3.05) is 31.5 Å². The van der Waals surface area contributed by atoms with Gasteiger partial charge in [0.2, 0.25) is 0 Å². The lowest BCUT2D eigenvalue weighted by molar-refractivity contribution is 0.224. The fourth-order valence-electron chi connectivity index (χ4n) is 3.51. The number of piperidine rings is 1. The molecule has 0 aliphatic carbocycles. The highest BCUT2D eigenvalue weighted by Crippen LogP contribution is 2.27. The van der Waals surface area contributed by atoms with Crippen molar-refractivity contribution in [2.24, 2.45) is 0 Å². The van der Waals surface area contributed by atoms with Crippen molar-refractivity contribution in [1.82, 2.24) is 10.2 Å². The Labute approximate surface area is 164 Å². The molecule has 2 aromatic rings. The largest absolute Gasteiger partial charge is 0.338 e. The van der Waals surface area contributed by atoms with Crippen molar-refractivity contribution in [2.45, 2.75) is 32.1 Å². The van der Waals surface area contributed by atoms with Crippen LogP contribution >= 0.6 is 0 Å². The maximum atomic E-state index is 14.4. The Balaban J connectivity index is 1.43. The summed E-state index contributed by atoms with van der Waals surface area (Å²) in [5.74, 6) is -1.06. The molecule has 0 aromatic heterocycles. The average molecular weight is 387 g/mol. The molecule has 1 aliphatic heterocycles. The van der Waals surface area contributed by atoms with Gasteiger partial charge < -0.3 is 15.5 Å². The van der Waals surface area contributed by atoms with E-state index >= 15 is 0 Å². The summed E-state index contributed by atoms with van der Waals surface area (Å²) in [5, 5.41) is 5.41. The molecule has 0 atom stereocenters. The Morgan fingerprint density at radius 2 is 1.68 bits per heavy atom. The highest BCUT2D eigenvalue weighted by molar-refractivity contribution is 5.89. The average Bonchev–Trinajstić information content (AvgIpc) is 2.69. The Bertz CT molecular complexity index is 791. The number of urea groups is 1. The molecule has 28 heavy (non-hydrogen) atoms. The third-order valence-electron chi connectivity index (χ3n) is 5.03. The lowest BCUT2D eigenvalue weighted by Gasteiger charge is -2.26. The Hall–Kier alpha value is -2.47. The first-order valence-electron chi connectivity index (χ1n) is 9.95. The number of halogens is 2. The summed E-state index contributed by atoms with van der Waals surface area (Å²) >= 11 is 0. The molecular formula is C22H27F2N3O. The summed E-state index contributed by atoms with van der Waals surface area (Å²) in [6.07, 6.45) is 5.86. The summed E-state index contributed by atoms with van der Waals surface area (Å²) in [4.78, 5) is 14.5. The first-order chi connectivity index (χ1) is 13.6. The summed E-state index contributed by atoms with van der Waals surface area (Å²) in [7, 11) is 0. The molecule has 0 saturated carbocycles. The van der Waals surface area contributed by atoms with E-state index in [2.05, 4.69) is 15.5 Å². The highest BCUT2D eigenvalue weighted by Gasteiger charge is 2.12. The first-order valence-corrected chi connectivity index (χ1v) is 9.95. The van der Waals surface area contributed by atoms with E-state index in [4.69, 9.17) is 0 Å². The van der Waals surface area contributed by atoms with Gasteiger partial charge in [-0.3, -0.25) is 0 Å². The van der Waals surface area contributed by atoms with Crippen LogP contribution in [-0.2, 0) is 0 Å². The number of nitrogens with one attached hydrogen (secondary N) is 2. The van der Waals surface area contributed by atoms with E-state index in [1.165, 1.54) is 56.6 Å². The van der Waals surface area contributed by atoms with Crippen LogP contribution in [0.5, 0.6) is 0 Å². The second-order valence-electron chi connectivity index (χ2n) is 7.16. The Morgan fingerprint density at radius 3 is 2.43 bits per heavy atom. The first kappa shape index (κ1) is 20.3. The predicted octanol–water partition coefficient (Wildman–Crippen LogP) is 5.02. The van der Waals surface area contributed by atoms with Crippen LogP contribution in [0.2, 0.25) is 0 Å². The number of benzene rings is 2. The molecule has 2 N–H and O–H groups in total. The van der Waals surface area contributed by atoms with Gasteiger partial charge in [0.1, 0.15) is 11.6 Å². The lowest BCUT2D eigenvalue weighted by atomic mass is 10.0. The van der Waals surface area contributed by atoms with Crippen LogP contribution in [0.25, 0.3) is 11.1 Å². The third kappa shape index (κ3) is 5.76. The van der Waals surface area contributed by atoms with Gasteiger partial charge in [-0.1, -0.05) is 24.6 Å². The molecule has 4 nitrogen and oxygen atoms in total. The minimum atomic E-state index is -0.579. The van der Waals surface area contributed by atoms with E-state index in [-0.39, 0.29) is 17.2 Å². The van der Waals surface area contributed by atoms with Gasteiger partial charge in [0.25, 0.3) is 0 Å². The molecule has 0 spiro atoms. The second-order valence-corrected chi connectivity index (χ2v) is 7.16. The fraction of sp³-hybridized carbons (Fsp3) is 0.409. The van der Waals surface area contributed by atoms with Crippen molar-refractivity contribution in [3.8, 4) is 11.1 Å². The zero-order chi connectivity index (χ0) is 19.8. The van der Waals surface area contributed by atoms with Crippen LogP contribution in [0.3, 0.4) is 0 Å². The zero-order valence-corrected chi connectivity index (χ0v) is 16.0. The number of carbonyl (C=O) groups is 1. The molecular weight excluding hydrogens is 360 g/mol. The molecule has 1 aliphatic rings. The Kier molecular flexibility index (Phi) is 7.37. The summed E-state index contributed by atoms with van der Waals surface area (Å²) in [6.45, 7) is 4.02. The molecule has 3 rings (SSSR count). The number of carbonyl (C=O) groups excluding carboxylic acids is 1. The molecule has 0 radical (unpaired) electrons. The van der Waals surface area contributed by atoms with E-state index in [0.717, 1.165) is 19.4 Å². The van der Waals surface area contributed by atoms with Crippen LogP contribution in [-0.4, -0.2) is 37.1 Å². The quantitative estimate of drug-likeness (QED) is 0.655. The van der Waals surface area contributed by atoms with E-state index in [1.54, 1.807) is 18.2 Å². The highest BCUT2D eigenvalue weighted by atomic mass is 19.1. The lowest BCUT2D eigenvalue weighted by Crippen LogP contribution is -2.32. The van der Waals surface area contributed by atoms with E-state index in [1.807, 2.05) is 0 Å². The van der Waals surface area contributed by atoms with Crippen LogP contribution in [0, 0.1) is 11.6 Å². The maximum Gasteiger partial charge on any atom is 0.319 e. The molecule has 1 fully saturated rings. The van der Waals surface area contributed by atoms with Crippen LogP contribution in [0.15, 0.2) is 42.5 Å². The standard InChI is InChI=1S/C22H27F2N3O/c23-20-9-3-2-8-18(20)19-11-10-17(16-21(19)24)26-22(28)25-12-4-7-15-27-13-5-1-6-14-27/h2-3,8-11,16H,1,4-7,12-15H2,(H2,25,26,28). The molecule has 2 aromatic carbocycles. The van der Waals surface area contributed by atoms with Gasteiger partial charge in [-0.05, 0) is 69.6 Å². The van der Waals surface area contributed by atoms with Crippen molar-refractivity contribution in [3.63, 3.8) is 0 Å². The number of hydrogen-bond acceptors (Lipinski definition) is 2. The van der Waals surface area contributed by atoms with Gasteiger partial charge in [0.15, 0.2) is 0 Å². The molecule has 1 saturated heterocycles. The van der Waals surface area contributed by atoms with Crippen molar-refractivity contribution >= 4 is 11.7 Å². The fourth-order valence-corrected chi connectivity index (χ4v) is 3.51. The summed E-state index contributed by atoms with van der Waals surface area (Å²) in [5.41, 5.74) is 0.704. The molecule has 0 unspecified atom stereocenters. The number of rotatable bonds is 7. The third-order valence-corrected chi connectivity index (χ3v) is 5.03. The van der Waals surface area contributed by atoms with E-state index in [9.17, 15) is 13.6 Å². The summed E-state index contributed by atoms with van der Waals surface area (Å²) < 4.78 is 28.2.